The number of benzene rings is 1. The van der Waals surface area contributed by atoms with Gasteiger partial charge in [-0.15, -0.1) is 0 Å². The summed E-state index contributed by atoms with van der Waals surface area (Å²) >= 11 is 0. The van der Waals surface area contributed by atoms with Crippen LogP contribution >= 0.6 is 0 Å². The number of halogens is 1. The lowest BCUT2D eigenvalue weighted by Crippen LogP contribution is -2.05. The number of anilines is 1. The van der Waals surface area contributed by atoms with Gasteiger partial charge in [-0.05, 0) is 36.8 Å². The molecule has 5 heteroatoms. The van der Waals surface area contributed by atoms with Gasteiger partial charge in [0, 0.05) is 11.9 Å². The number of methoxy groups -OCH3 is 1. The van der Waals surface area contributed by atoms with E-state index in [1.54, 1.807) is 31.2 Å². The van der Waals surface area contributed by atoms with Crippen molar-refractivity contribution in [3.8, 4) is 0 Å². The molecule has 0 atom stereocenters. The van der Waals surface area contributed by atoms with Gasteiger partial charge in [-0.2, -0.15) is 0 Å². The predicted molar refractivity (Wildman–Crippen MR) is 74.0 cm³/mol. The van der Waals surface area contributed by atoms with Crippen molar-refractivity contribution < 1.29 is 13.9 Å². The Hall–Kier alpha value is -2.43. The minimum atomic E-state index is -0.419. The quantitative estimate of drug-likeness (QED) is 0.871. The molecule has 4 nitrogen and oxygen atoms in total. The van der Waals surface area contributed by atoms with E-state index in [0.717, 1.165) is 5.69 Å². The number of carbonyl (C=O) groups is 1. The number of nitrogens with one attached hydrogen (secondary N) is 1. The molecular weight excluding hydrogens is 259 g/mol. The fourth-order valence-corrected chi connectivity index (χ4v) is 1.66. The van der Waals surface area contributed by atoms with Crippen molar-refractivity contribution in [2.45, 2.75) is 13.5 Å². The van der Waals surface area contributed by atoms with Crippen LogP contribution in [0.3, 0.4) is 0 Å². The molecule has 0 spiro atoms. The zero-order valence-electron chi connectivity index (χ0n) is 11.3. The van der Waals surface area contributed by atoms with E-state index in [4.69, 9.17) is 0 Å². The predicted octanol–water partition coefficient (Wildman–Crippen LogP) is 2.93. The van der Waals surface area contributed by atoms with Gasteiger partial charge >= 0.3 is 5.97 Å². The first-order valence-electron chi connectivity index (χ1n) is 6.13. The summed E-state index contributed by atoms with van der Waals surface area (Å²) in [5, 5.41) is 3.07. The maximum absolute atomic E-state index is 13.4. The lowest BCUT2D eigenvalue weighted by Gasteiger charge is -2.07. The molecule has 0 aliphatic carbocycles. The summed E-state index contributed by atoms with van der Waals surface area (Å²) in [5.74, 6) is -0.665. The van der Waals surface area contributed by atoms with Crippen LogP contribution in [0.15, 0.2) is 36.5 Å². The molecule has 0 amide bonds. The van der Waals surface area contributed by atoms with E-state index in [0.29, 0.717) is 23.4 Å². The minimum Gasteiger partial charge on any atom is -0.465 e. The van der Waals surface area contributed by atoms with Gasteiger partial charge in [-0.3, -0.25) is 4.98 Å². The molecule has 0 saturated carbocycles. The van der Waals surface area contributed by atoms with E-state index < -0.39 is 5.97 Å². The van der Waals surface area contributed by atoms with Gasteiger partial charge < -0.3 is 10.1 Å². The first-order valence-corrected chi connectivity index (χ1v) is 6.13. The van der Waals surface area contributed by atoms with Crippen LogP contribution in [-0.2, 0) is 11.3 Å². The smallest absolute Gasteiger partial charge is 0.339 e. The van der Waals surface area contributed by atoms with Crippen LogP contribution < -0.4 is 5.32 Å². The summed E-state index contributed by atoms with van der Waals surface area (Å²) in [6.07, 6.45) is 1.46. The zero-order valence-corrected chi connectivity index (χ0v) is 11.3. The Bertz CT molecular complexity index is 612. The van der Waals surface area contributed by atoms with Gasteiger partial charge in [0.25, 0.3) is 0 Å². The highest BCUT2D eigenvalue weighted by atomic mass is 19.1. The Morgan fingerprint density at radius 1 is 1.35 bits per heavy atom. The first-order chi connectivity index (χ1) is 9.60. The molecule has 0 unspecified atom stereocenters. The van der Waals surface area contributed by atoms with E-state index in [-0.39, 0.29) is 5.82 Å². The topological polar surface area (TPSA) is 51.2 Å². The summed E-state index contributed by atoms with van der Waals surface area (Å²) in [5.41, 5.74) is 2.44. The standard InChI is InChI=1S/C15H15FN2O2/c1-10-3-5-12(7-14(10)16)18-9-13-6-4-11(8-17-13)15(19)20-2/h3-8,18H,9H2,1-2H3. The number of aryl methyl sites for hydroxylation is 1. The Balaban J connectivity index is 2.00. The fourth-order valence-electron chi connectivity index (χ4n) is 1.66. The lowest BCUT2D eigenvalue weighted by atomic mass is 10.2. The second-order valence-corrected chi connectivity index (χ2v) is 4.35. The zero-order chi connectivity index (χ0) is 14.5. The third kappa shape index (κ3) is 3.32. The average molecular weight is 274 g/mol. The number of esters is 1. The number of aromatic nitrogens is 1. The van der Waals surface area contributed by atoms with Crippen LogP contribution in [0.1, 0.15) is 21.6 Å². The van der Waals surface area contributed by atoms with Gasteiger partial charge in [0.05, 0.1) is 24.9 Å². The van der Waals surface area contributed by atoms with E-state index in [1.165, 1.54) is 19.4 Å². The third-order valence-corrected chi connectivity index (χ3v) is 2.89. The molecule has 1 aromatic carbocycles. The highest BCUT2D eigenvalue weighted by molar-refractivity contribution is 5.88. The average Bonchev–Trinajstić information content (AvgIpc) is 2.48. The molecule has 0 fully saturated rings. The second kappa shape index (κ2) is 6.14. The molecule has 20 heavy (non-hydrogen) atoms. The van der Waals surface area contributed by atoms with Crippen LogP contribution in [0.4, 0.5) is 10.1 Å². The molecule has 1 aromatic heterocycles. The van der Waals surface area contributed by atoms with Crippen LogP contribution in [0, 0.1) is 12.7 Å². The normalized spacial score (nSPS) is 10.2. The Morgan fingerprint density at radius 3 is 2.75 bits per heavy atom. The van der Waals surface area contributed by atoms with Crippen molar-refractivity contribution in [1.29, 1.82) is 0 Å². The molecule has 104 valence electrons. The van der Waals surface area contributed by atoms with Crippen LogP contribution in [0.5, 0.6) is 0 Å². The van der Waals surface area contributed by atoms with E-state index in [1.807, 2.05) is 0 Å². The number of hydrogen-bond acceptors (Lipinski definition) is 4. The van der Waals surface area contributed by atoms with Gasteiger partial charge in [-0.25, -0.2) is 9.18 Å². The summed E-state index contributed by atoms with van der Waals surface area (Å²) in [4.78, 5) is 15.4. The number of nitrogens with zero attached hydrogens (tertiary/aromatic N) is 1. The van der Waals surface area contributed by atoms with Crippen molar-refractivity contribution >= 4 is 11.7 Å². The molecule has 2 aromatic rings. The fraction of sp³-hybridized carbons (Fsp3) is 0.200. The van der Waals surface area contributed by atoms with Crippen LogP contribution in [-0.4, -0.2) is 18.1 Å². The second-order valence-electron chi connectivity index (χ2n) is 4.35. The molecule has 0 aliphatic rings. The Kier molecular flexibility index (Phi) is 4.30. The van der Waals surface area contributed by atoms with Gasteiger partial charge in [-0.1, -0.05) is 6.07 Å². The number of pyridine rings is 1. The SMILES string of the molecule is COC(=O)c1ccc(CNc2ccc(C)c(F)c2)nc1. The largest absolute Gasteiger partial charge is 0.465 e. The highest BCUT2D eigenvalue weighted by Gasteiger charge is 2.05. The summed E-state index contributed by atoms with van der Waals surface area (Å²) < 4.78 is 18.0. The van der Waals surface area contributed by atoms with Gasteiger partial charge in [0.2, 0.25) is 0 Å². The summed E-state index contributed by atoms with van der Waals surface area (Å²) in [7, 11) is 1.32. The molecule has 0 bridgehead atoms. The van der Waals surface area contributed by atoms with Crippen LogP contribution in [0.2, 0.25) is 0 Å². The molecule has 1 heterocycles. The number of carbonyl (C=O) groups excluding carboxylic acids is 1. The van der Waals surface area contributed by atoms with Crippen molar-refractivity contribution in [1.82, 2.24) is 4.98 Å². The maximum atomic E-state index is 13.4. The molecule has 1 N–H and O–H groups in total. The van der Waals surface area contributed by atoms with Crippen molar-refractivity contribution in [3.63, 3.8) is 0 Å². The Morgan fingerprint density at radius 2 is 2.15 bits per heavy atom. The summed E-state index contributed by atoms with van der Waals surface area (Å²) in [6, 6.07) is 8.33. The van der Waals surface area contributed by atoms with E-state index in [2.05, 4.69) is 15.0 Å². The third-order valence-electron chi connectivity index (χ3n) is 2.89. The Labute approximate surface area is 116 Å². The number of rotatable bonds is 4. The van der Waals surface area contributed by atoms with Crippen molar-refractivity contribution in [2.75, 3.05) is 12.4 Å². The first kappa shape index (κ1) is 14.0. The molecule has 0 aliphatic heterocycles. The van der Waals surface area contributed by atoms with Gasteiger partial charge in [0.15, 0.2) is 0 Å². The monoisotopic (exact) mass is 274 g/mol. The molecule has 2 rings (SSSR count). The summed E-state index contributed by atoms with van der Waals surface area (Å²) in [6.45, 7) is 2.16. The molecular formula is C15H15FN2O2. The van der Waals surface area contributed by atoms with Crippen molar-refractivity contribution in [2.24, 2.45) is 0 Å². The maximum Gasteiger partial charge on any atom is 0.339 e. The van der Waals surface area contributed by atoms with Crippen LogP contribution in [0.25, 0.3) is 0 Å². The van der Waals surface area contributed by atoms with Gasteiger partial charge in [0.1, 0.15) is 5.82 Å². The minimum absolute atomic E-state index is 0.246. The highest BCUT2D eigenvalue weighted by Crippen LogP contribution is 2.14. The van der Waals surface area contributed by atoms with E-state index >= 15 is 0 Å². The molecule has 0 radical (unpaired) electrons. The molecule has 0 saturated heterocycles. The number of hydrogen-bond donors (Lipinski definition) is 1. The van der Waals surface area contributed by atoms with Crippen molar-refractivity contribution in [3.05, 3.63) is 59.2 Å². The lowest BCUT2D eigenvalue weighted by molar-refractivity contribution is 0.0600. The number of ether oxygens (including phenoxy) is 1. The van der Waals surface area contributed by atoms with E-state index in [9.17, 15) is 9.18 Å².